The summed E-state index contributed by atoms with van der Waals surface area (Å²) in [5, 5.41) is 0. The lowest BCUT2D eigenvalue weighted by atomic mass is 10.2. The molecular formula is C18H28N6O5. The number of fused-ring (bicyclic) bond motifs is 1. The normalized spacial score (nSPS) is 20.4. The van der Waals surface area contributed by atoms with Crippen molar-refractivity contribution < 1.29 is 19.0 Å². The number of ether oxygens (including phenoxy) is 3. The van der Waals surface area contributed by atoms with E-state index in [4.69, 9.17) is 19.9 Å². The molecule has 0 aliphatic carbocycles. The number of nitrogens with one attached hydrogen (secondary N) is 1. The van der Waals surface area contributed by atoms with Gasteiger partial charge in [-0.1, -0.05) is 0 Å². The summed E-state index contributed by atoms with van der Waals surface area (Å²) < 4.78 is 18.9. The highest BCUT2D eigenvalue weighted by atomic mass is 16.6. The molecule has 29 heavy (non-hydrogen) atoms. The molecule has 1 amide bonds. The summed E-state index contributed by atoms with van der Waals surface area (Å²) in [4.78, 5) is 37.0. The fourth-order valence-corrected chi connectivity index (χ4v) is 2.99. The topological polar surface area (TPSA) is 138 Å². The van der Waals surface area contributed by atoms with Crippen LogP contribution in [0.25, 0.3) is 11.2 Å². The van der Waals surface area contributed by atoms with Gasteiger partial charge in [-0.25, -0.2) is 9.78 Å². The molecule has 11 nitrogen and oxygen atoms in total. The Morgan fingerprint density at radius 2 is 2.14 bits per heavy atom. The van der Waals surface area contributed by atoms with Crippen LogP contribution in [0.4, 0.5) is 10.7 Å². The number of rotatable bonds is 4. The number of anilines is 1. The molecule has 1 aliphatic rings. The lowest BCUT2D eigenvalue weighted by Gasteiger charge is -2.39. The van der Waals surface area contributed by atoms with Gasteiger partial charge in [0.2, 0.25) is 5.95 Å². The van der Waals surface area contributed by atoms with Crippen LogP contribution in [0.2, 0.25) is 0 Å². The van der Waals surface area contributed by atoms with Crippen molar-refractivity contribution in [2.45, 2.75) is 58.7 Å². The minimum Gasteiger partial charge on any atom is -0.444 e. The number of imidazole rings is 1. The fourth-order valence-electron chi connectivity index (χ4n) is 2.99. The molecule has 1 fully saturated rings. The average Bonchev–Trinajstić information content (AvgIpc) is 3.02. The largest absolute Gasteiger partial charge is 0.444 e. The van der Waals surface area contributed by atoms with E-state index in [0.29, 0.717) is 13.2 Å². The molecule has 0 aromatic carbocycles. The van der Waals surface area contributed by atoms with Crippen LogP contribution in [0.1, 0.15) is 40.8 Å². The Morgan fingerprint density at radius 3 is 2.79 bits per heavy atom. The van der Waals surface area contributed by atoms with Crippen molar-refractivity contribution in [1.29, 1.82) is 0 Å². The summed E-state index contributed by atoms with van der Waals surface area (Å²) in [7, 11) is 0. The van der Waals surface area contributed by atoms with Crippen molar-refractivity contribution in [3.63, 3.8) is 0 Å². The van der Waals surface area contributed by atoms with Crippen LogP contribution in [-0.4, -0.2) is 68.0 Å². The number of nitrogens with two attached hydrogens (primary N) is 1. The van der Waals surface area contributed by atoms with Gasteiger partial charge in [-0.15, -0.1) is 0 Å². The summed E-state index contributed by atoms with van der Waals surface area (Å²) >= 11 is 0. The first-order valence-corrected chi connectivity index (χ1v) is 9.51. The van der Waals surface area contributed by atoms with Crippen LogP contribution >= 0.6 is 0 Å². The van der Waals surface area contributed by atoms with Crippen LogP contribution in [0, 0.1) is 0 Å². The van der Waals surface area contributed by atoms with Gasteiger partial charge in [0.15, 0.2) is 17.4 Å². The molecule has 11 heteroatoms. The minimum atomic E-state index is -0.629. The number of aromatic amines is 1. The van der Waals surface area contributed by atoms with Crippen LogP contribution < -0.4 is 11.3 Å². The molecule has 0 spiro atoms. The second-order valence-electron chi connectivity index (χ2n) is 8.26. The van der Waals surface area contributed by atoms with Crippen molar-refractivity contribution in [2.24, 2.45) is 0 Å². The van der Waals surface area contributed by atoms with E-state index in [1.165, 1.54) is 6.33 Å². The van der Waals surface area contributed by atoms with Gasteiger partial charge in [-0.2, -0.15) is 4.98 Å². The highest BCUT2D eigenvalue weighted by molar-refractivity contribution is 5.71. The first-order valence-electron chi connectivity index (χ1n) is 9.51. The summed E-state index contributed by atoms with van der Waals surface area (Å²) in [5.41, 5.74) is 5.05. The van der Waals surface area contributed by atoms with Crippen molar-refractivity contribution in [3.05, 3.63) is 16.7 Å². The average molecular weight is 408 g/mol. The van der Waals surface area contributed by atoms with Gasteiger partial charge in [-0.3, -0.25) is 14.3 Å². The maximum absolute atomic E-state index is 12.7. The second-order valence-corrected chi connectivity index (χ2v) is 8.26. The predicted octanol–water partition coefficient (Wildman–Crippen LogP) is 1.26. The minimum absolute atomic E-state index is 0.0167. The molecule has 2 aromatic heterocycles. The van der Waals surface area contributed by atoms with E-state index < -0.39 is 23.5 Å². The second kappa shape index (κ2) is 7.99. The quantitative estimate of drug-likeness (QED) is 0.771. The van der Waals surface area contributed by atoms with Gasteiger partial charge in [0, 0.05) is 0 Å². The number of morpholine rings is 1. The van der Waals surface area contributed by atoms with Crippen molar-refractivity contribution >= 4 is 23.2 Å². The first kappa shape index (κ1) is 21.1. The number of hydrogen-bond donors (Lipinski definition) is 2. The third-order valence-corrected chi connectivity index (χ3v) is 4.18. The first-order chi connectivity index (χ1) is 13.5. The summed E-state index contributed by atoms with van der Waals surface area (Å²) in [6.45, 7) is 10.1. The van der Waals surface area contributed by atoms with Gasteiger partial charge >= 0.3 is 6.09 Å². The third-order valence-electron chi connectivity index (χ3n) is 4.18. The Balaban J connectivity index is 1.90. The molecule has 1 aliphatic heterocycles. The smallest absolute Gasteiger partial charge is 0.410 e. The van der Waals surface area contributed by atoms with Crippen molar-refractivity contribution in [3.8, 4) is 0 Å². The van der Waals surface area contributed by atoms with E-state index in [-0.39, 0.29) is 35.9 Å². The molecule has 1 saturated heterocycles. The predicted molar refractivity (Wildman–Crippen MR) is 105 cm³/mol. The van der Waals surface area contributed by atoms with Crippen LogP contribution in [0.3, 0.4) is 0 Å². The van der Waals surface area contributed by atoms with Crippen molar-refractivity contribution in [2.75, 3.05) is 25.4 Å². The molecule has 0 radical (unpaired) electrons. The number of carbonyl (C=O) groups excluding carboxylic acids is 1. The molecule has 3 heterocycles. The zero-order chi connectivity index (χ0) is 21.3. The standard InChI is InChI=1S/C18H28N6O5/c1-10(2)27-8-11-6-23(17(26)29-18(3,4)5)7-12(28-11)24-9-20-13-14(24)21-16(19)22-15(13)25/h9-12H,6-8H2,1-5H3,(H3,19,21,22,25)/t11-,12+/m0/s1. The molecule has 0 bridgehead atoms. The number of hydrogen-bond acceptors (Lipinski definition) is 8. The Kier molecular flexibility index (Phi) is 5.80. The monoisotopic (exact) mass is 408 g/mol. The number of amides is 1. The summed E-state index contributed by atoms with van der Waals surface area (Å²) in [6, 6.07) is 0. The molecule has 3 rings (SSSR count). The Bertz CT molecular complexity index is 931. The summed E-state index contributed by atoms with van der Waals surface area (Å²) in [5.74, 6) is -0.0243. The highest BCUT2D eigenvalue weighted by Gasteiger charge is 2.35. The van der Waals surface area contributed by atoms with E-state index in [1.54, 1.807) is 9.47 Å². The fraction of sp³-hybridized carbons (Fsp3) is 0.667. The molecule has 2 aromatic rings. The molecule has 3 N–H and O–H groups in total. The molecule has 2 atom stereocenters. The lowest BCUT2D eigenvalue weighted by molar-refractivity contribution is -0.143. The van der Waals surface area contributed by atoms with Crippen LogP contribution in [0.5, 0.6) is 0 Å². The summed E-state index contributed by atoms with van der Waals surface area (Å²) in [6.07, 6.45) is 0.00464. The van der Waals surface area contributed by atoms with Crippen LogP contribution in [-0.2, 0) is 14.2 Å². The zero-order valence-corrected chi connectivity index (χ0v) is 17.3. The number of aromatic nitrogens is 4. The number of carbonyl (C=O) groups is 1. The Morgan fingerprint density at radius 1 is 1.41 bits per heavy atom. The van der Waals surface area contributed by atoms with Gasteiger partial charge in [0.25, 0.3) is 5.56 Å². The lowest BCUT2D eigenvalue weighted by Crippen LogP contribution is -2.51. The van der Waals surface area contributed by atoms with E-state index in [0.717, 1.165) is 0 Å². The molecule has 0 unspecified atom stereocenters. The van der Waals surface area contributed by atoms with E-state index in [2.05, 4.69) is 15.0 Å². The van der Waals surface area contributed by atoms with E-state index >= 15 is 0 Å². The molecule has 0 saturated carbocycles. The number of H-pyrrole nitrogens is 1. The SMILES string of the molecule is CC(C)OC[C@@H]1CN(C(=O)OC(C)(C)C)C[C@H](n2cnc3c(=O)[nH]c(N)nc32)O1. The van der Waals surface area contributed by atoms with Gasteiger partial charge in [0.1, 0.15) is 11.7 Å². The van der Waals surface area contributed by atoms with Crippen molar-refractivity contribution in [1.82, 2.24) is 24.4 Å². The Labute approximate surface area is 168 Å². The van der Waals surface area contributed by atoms with Gasteiger partial charge < -0.3 is 24.8 Å². The number of nitrogen functional groups attached to an aromatic ring is 1. The maximum Gasteiger partial charge on any atom is 0.410 e. The van der Waals surface area contributed by atoms with E-state index in [1.807, 2.05) is 34.6 Å². The van der Waals surface area contributed by atoms with E-state index in [9.17, 15) is 9.59 Å². The van der Waals surface area contributed by atoms with Gasteiger partial charge in [-0.05, 0) is 34.6 Å². The van der Waals surface area contributed by atoms with Gasteiger partial charge in [0.05, 0.1) is 32.1 Å². The third kappa shape index (κ3) is 5.04. The molecule has 160 valence electrons. The maximum atomic E-state index is 12.7. The molecular weight excluding hydrogens is 380 g/mol. The number of nitrogens with zero attached hydrogens (tertiary/aromatic N) is 4. The highest BCUT2D eigenvalue weighted by Crippen LogP contribution is 2.25. The Hall–Kier alpha value is -2.66. The zero-order valence-electron chi connectivity index (χ0n) is 17.3. The van der Waals surface area contributed by atoms with Crippen LogP contribution in [0.15, 0.2) is 11.1 Å².